The first-order valence-corrected chi connectivity index (χ1v) is 21.7. The average molecular weight is 785 g/mol. The largest absolute Gasteiger partial charge is 0.314 e. The second kappa shape index (κ2) is 14.5. The van der Waals surface area contributed by atoms with Crippen LogP contribution >= 0.6 is 0 Å². The van der Waals surface area contributed by atoms with E-state index in [1.54, 1.807) is 0 Å². The number of hydrogen-bond donors (Lipinski definition) is 0. The minimum absolute atomic E-state index is 0.0835. The van der Waals surface area contributed by atoms with E-state index in [4.69, 9.17) is 0 Å². The summed E-state index contributed by atoms with van der Waals surface area (Å²) in [6, 6.07) is 74.0. The van der Waals surface area contributed by atoms with Crippen molar-refractivity contribution < 1.29 is 0 Å². The van der Waals surface area contributed by atoms with Crippen LogP contribution < -0.4 is 9.80 Å². The molecule has 0 N–H and O–H groups in total. The number of rotatable bonds is 6. The van der Waals surface area contributed by atoms with E-state index < -0.39 is 5.41 Å². The van der Waals surface area contributed by atoms with E-state index in [9.17, 15) is 0 Å². The lowest BCUT2D eigenvalue weighted by atomic mass is 9.63. The van der Waals surface area contributed by atoms with Crippen LogP contribution in [-0.4, -0.2) is 0 Å². The molecule has 1 spiro atoms. The van der Waals surface area contributed by atoms with Crippen molar-refractivity contribution in [2.75, 3.05) is 9.80 Å². The fourth-order valence-corrected chi connectivity index (χ4v) is 10.4. The first kappa shape index (κ1) is 36.9. The van der Waals surface area contributed by atoms with E-state index in [1.165, 1.54) is 78.3 Å². The van der Waals surface area contributed by atoms with Crippen molar-refractivity contribution in [3.05, 3.63) is 246 Å². The lowest BCUT2D eigenvalue weighted by Gasteiger charge is -2.47. The molecule has 0 saturated carbocycles. The van der Waals surface area contributed by atoms with Gasteiger partial charge in [-0.25, -0.2) is 0 Å². The quantitative estimate of drug-likeness (QED) is 0.166. The summed E-state index contributed by atoms with van der Waals surface area (Å²) in [4.78, 5) is 4.88. The molecule has 0 radical (unpaired) electrons. The highest BCUT2D eigenvalue weighted by Crippen LogP contribution is 2.63. The van der Waals surface area contributed by atoms with Crippen LogP contribution in [0.15, 0.2) is 224 Å². The molecule has 0 amide bonds. The van der Waals surface area contributed by atoms with Gasteiger partial charge in [-0.1, -0.05) is 172 Å². The monoisotopic (exact) mass is 784 g/mol. The molecule has 1 heterocycles. The Balaban J connectivity index is 1.03. The number of para-hydroxylation sites is 4. The third-order valence-corrected chi connectivity index (χ3v) is 13.1. The average Bonchev–Trinajstić information content (AvgIpc) is 3.60. The fraction of sp³-hybridized carbons (Fsp3) is 0.119. The van der Waals surface area contributed by atoms with Gasteiger partial charge in [-0.2, -0.15) is 0 Å². The van der Waals surface area contributed by atoms with Crippen LogP contribution in [0.25, 0.3) is 33.4 Å². The number of fused-ring (bicyclic) bond motifs is 8. The molecular weight excluding hydrogens is 737 g/mol. The Bertz CT molecular complexity index is 2950. The number of anilines is 5. The van der Waals surface area contributed by atoms with Gasteiger partial charge in [-0.15, -0.1) is 0 Å². The summed E-state index contributed by atoms with van der Waals surface area (Å²) in [6.45, 7) is 6.97. The Morgan fingerprint density at radius 2 is 1.05 bits per heavy atom. The van der Waals surface area contributed by atoms with Crippen molar-refractivity contribution in [1.82, 2.24) is 0 Å². The van der Waals surface area contributed by atoms with Crippen LogP contribution in [0.2, 0.25) is 0 Å². The maximum atomic E-state index is 2.53. The molecule has 61 heavy (non-hydrogen) atoms. The zero-order chi connectivity index (χ0) is 41.1. The van der Waals surface area contributed by atoms with Gasteiger partial charge < -0.3 is 9.80 Å². The molecule has 8 aromatic rings. The molecule has 0 aromatic heterocycles. The van der Waals surface area contributed by atoms with E-state index >= 15 is 0 Å². The Labute approximate surface area is 360 Å². The van der Waals surface area contributed by atoms with Gasteiger partial charge in [0.15, 0.2) is 0 Å². The van der Waals surface area contributed by atoms with Crippen molar-refractivity contribution in [3.63, 3.8) is 0 Å². The molecule has 2 aliphatic carbocycles. The predicted octanol–water partition coefficient (Wildman–Crippen LogP) is 15.9. The van der Waals surface area contributed by atoms with Crippen molar-refractivity contribution >= 4 is 28.4 Å². The third-order valence-electron chi connectivity index (χ3n) is 13.1. The summed E-state index contributed by atoms with van der Waals surface area (Å²) in [6.07, 6.45) is 6.85. The maximum absolute atomic E-state index is 2.53. The van der Waals surface area contributed by atoms with Gasteiger partial charge >= 0.3 is 0 Å². The van der Waals surface area contributed by atoms with Crippen molar-refractivity contribution in [2.45, 2.75) is 44.4 Å². The summed E-state index contributed by atoms with van der Waals surface area (Å²) in [5.74, 6) is 0. The van der Waals surface area contributed by atoms with Gasteiger partial charge in [0.25, 0.3) is 0 Å². The molecule has 2 heteroatoms. The van der Waals surface area contributed by atoms with Gasteiger partial charge in [-0.3, -0.25) is 0 Å². The standard InChI is InChI=1S/C59H48N2/c1-58(2,3)54-40-47(60(44-19-7-4-8-20-44)45-21-9-5-10-22-45)36-38-48(54)42-33-31-41(32-34-42)43-35-37-50-49-25-13-14-26-51(49)59(55(50)39-43)52-27-15-17-29-56(52)61(46-23-11-6-12-24-46)57-30-18-16-28-53(57)59/h4-17,19-29,31-40H,18,30H2,1-3H3. The van der Waals surface area contributed by atoms with Crippen molar-refractivity contribution in [2.24, 2.45) is 0 Å². The Morgan fingerprint density at radius 1 is 0.475 bits per heavy atom. The van der Waals surface area contributed by atoms with E-state index in [2.05, 4.69) is 243 Å². The van der Waals surface area contributed by atoms with E-state index in [1.807, 2.05) is 0 Å². The lowest BCUT2D eigenvalue weighted by Crippen LogP contribution is -2.39. The zero-order valence-corrected chi connectivity index (χ0v) is 35.0. The third kappa shape index (κ3) is 5.92. The lowest BCUT2D eigenvalue weighted by molar-refractivity contribution is 0.592. The first-order valence-electron chi connectivity index (χ1n) is 21.7. The van der Waals surface area contributed by atoms with Gasteiger partial charge in [0, 0.05) is 28.4 Å². The van der Waals surface area contributed by atoms with Crippen LogP contribution in [0, 0.1) is 0 Å². The SMILES string of the molecule is CC(C)(C)c1cc(N(c2ccccc2)c2ccccc2)ccc1-c1ccc(-c2ccc3c(c2)C2(C4=C(CCC=C4)N(c4ccccc4)c4ccccc42)c2ccccc2-3)cc1. The summed E-state index contributed by atoms with van der Waals surface area (Å²) in [5, 5.41) is 0. The normalized spacial score (nSPS) is 16.2. The fourth-order valence-electron chi connectivity index (χ4n) is 10.4. The van der Waals surface area contributed by atoms with Crippen LogP contribution in [0.1, 0.15) is 55.9 Å². The van der Waals surface area contributed by atoms with Gasteiger partial charge in [0.2, 0.25) is 0 Å². The van der Waals surface area contributed by atoms with Crippen LogP contribution in [0.4, 0.5) is 28.4 Å². The number of hydrogen-bond acceptors (Lipinski definition) is 2. The van der Waals surface area contributed by atoms with Crippen LogP contribution in [0.5, 0.6) is 0 Å². The topological polar surface area (TPSA) is 6.48 Å². The summed E-state index contributed by atoms with van der Waals surface area (Å²) < 4.78 is 0. The highest BCUT2D eigenvalue weighted by molar-refractivity contribution is 5.94. The predicted molar refractivity (Wildman–Crippen MR) is 256 cm³/mol. The highest BCUT2D eigenvalue weighted by atomic mass is 15.2. The molecule has 11 rings (SSSR count). The van der Waals surface area contributed by atoms with Crippen molar-refractivity contribution in [3.8, 4) is 33.4 Å². The highest BCUT2D eigenvalue weighted by Gasteiger charge is 2.52. The Hall–Kier alpha value is -7.16. The Morgan fingerprint density at radius 3 is 1.75 bits per heavy atom. The second-order valence-electron chi connectivity index (χ2n) is 17.6. The smallest absolute Gasteiger partial charge is 0.0751 e. The molecule has 3 aliphatic rings. The number of benzene rings is 8. The van der Waals surface area contributed by atoms with E-state index in [-0.39, 0.29) is 5.41 Å². The molecule has 0 bridgehead atoms. The van der Waals surface area contributed by atoms with Crippen LogP contribution in [-0.2, 0) is 10.8 Å². The molecule has 1 atom stereocenters. The Kier molecular flexibility index (Phi) is 8.79. The number of nitrogens with zero attached hydrogens (tertiary/aromatic N) is 2. The van der Waals surface area contributed by atoms with E-state index in [0.29, 0.717) is 0 Å². The van der Waals surface area contributed by atoms with Gasteiger partial charge in [0.05, 0.1) is 11.1 Å². The first-order chi connectivity index (χ1) is 29.9. The minimum Gasteiger partial charge on any atom is -0.314 e. The summed E-state index contributed by atoms with van der Waals surface area (Å²) in [5.41, 5.74) is 21.1. The van der Waals surface area contributed by atoms with Crippen molar-refractivity contribution in [1.29, 1.82) is 0 Å². The minimum atomic E-state index is -0.438. The number of allylic oxidation sites excluding steroid dienone is 4. The molecule has 0 saturated heterocycles. The molecule has 294 valence electrons. The molecule has 0 fully saturated rings. The van der Waals surface area contributed by atoms with E-state index in [0.717, 1.165) is 29.9 Å². The maximum Gasteiger partial charge on any atom is 0.0751 e. The molecule has 1 unspecified atom stereocenters. The zero-order valence-electron chi connectivity index (χ0n) is 35.0. The van der Waals surface area contributed by atoms with Crippen LogP contribution in [0.3, 0.4) is 0 Å². The van der Waals surface area contributed by atoms with Gasteiger partial charge in [-0.05, 0) is 140 Å². The molecule has 1 aliphatic heterocycles. The molecule has 8 aromatic carbocycles. The summed E-state index contributed by atoms with van der Waals surface area (Å²) in [7, 11) is 0. The second-order valence-corrected chi connectivity index (χ2v) is 17.6. The van der Waals surface area contributed by atoms with Gasteiger partial charge in [0.1, 0.15) is 0 Å². The molecule has 2 nitrogen and oxygen atoms in total. The summed E-state index contributed by atoms with van der Waals surface area (Å²) >= 11 is 0. The molecular formula is C59H48N2.